The Balaban J connectivity index is 1.94. The van der Waals surface area contributed by atoms with E-state index in [1.54, 1.807) is 19.2 Å². The molecule has 0 N–H and O–H groups in total. The summed E-state index contributed by atoms with van der Waals surface area (Å²) in [7, 11) is 1.58. The molecule has 19 heavy (non-hydrogen) atoms. The Bertz CT molecular complexity index is 535. The smallest absolute Gasteiger partial charge is 0.315 e. The zero-order chi connectivity index (χ0) is 13.4. The van der Waals surface area contributed by atoms with Crippen LogP contribution in [0.4, 0.5) is 0 Å². The standard InChI is InChI=1S/C15H16O4/c1-9-5-11-12-7-10(18-8-17-2)3-4-14(12)19-15(16)13(11)6-9/h3-4,7,11,13H,1,5-6,8H2,2H3/t11-,13-/m1/s1. The molecule has 1 aliphatic carbocycles. The van der Waals surface area contributed by atoms with Crippen molar-refractivity contribution in [2.45, 2.75) is 18.8 Å². The fraction of sp³-hybridized carbons (Fsp3) is 0.400. The molecule has 0 amide bonds. The maximum atomic E-state index is 11.9. The topological polar surface area (TPSA) is 44.8 Å². The Morgan fingerprint density at radius 3 is 2.95 bits per heavy atom. The molecule has 1 aliphatic heterocycles. The summed E-state index contributed by atoms with van der Waals surface area (Å²) in [5.41, 5.74) is 2.15. The summed E-state index contributed by atoms with van der Waals surface area (Å²) in [6.45, 7) is 4.21. The Morgan fingerprint density at radius 1 is 1.37 bits per heavy atom. The Kier molecular flexibility index (Phi) is 3.03. The van der Waals surface area contributed by atoms with E-state index in [2.05, 4.69) is 6.58 Å². The summed E-state index contributed by atoms with van der Waals surface area (Å²) in [6, 6.07) is 5.52. The van der Waals surface area contributed by atoms with Gasteiger partial charge in [0, 0.05) is 18.6 Å². The number of hydrogen-bond acceptors (Lipinski definition) is 4. The predicted octanol–water partition coefficient (Wildman–Crippen LogP) is 2.64. The summed E-state index contributed by atoms with van der Waals surface area (Å²) < 4.78 is 15.7. The van der Waals surface area contributed by atoms with Gasteiger partial charge in [-0.1, -0.05) is 12.2 Å². The molecule has 1 saturated carbocycles. The lowest BCUT2D eigenvalue weighted by atomic mass is 9.86. The number of allylic oxidation sites excluding steroid dienone is 1. The zero-order valence-corrected chi connectivity index (χ0v) is 10.8. The maximum Gasteiger partial charge on any atom is 0.315 e. The van der Waals surface area contributed by atoms with E-state index in [-0.39, 0.29) is 24.6 Å². The largest absolute Gasteiger partial charge is 0.468 e. The first kappa shape index (κ1) is 12.2. The summed E-state index contributed by atoms with van der Waals surface area (Å²) in [4.78, 5) is 11.9. The number of methoxy groups -OCH3 is 1. The monoisotopic (exact) mass is 260 g/mol. The molecule has 0 aromatic heterocycles. The van der Waals surface area contributed by atoms with E-state index in [1.165, 1.54) is 0 Å². The molecule has 1 fully saturated rings. The molecule has 100 valence electrons. The Labute approximate surface area is 112 Å². The lowest BCUT2D eigenvalue weighted by Crippen LogP contribution is -2.28. The van der Waals surface area contributed by atoms with Gasteiger partial charge in [-0.05, 0) is 31.0 Å². The number of rotatable bonds is 3. The van der Waals surface area contributed by atoms with Gasteiger partial charge in [-0.2, -0.15) is 0 Å². The minimum absolute atomic E-state index is 0.0855. The first-order valence-corrected chi connectivity index (χ1v) is 6.33. The van der Waals surface area contributed by atoms with Gasteiger partial charge in [-0.3, -0.25) is 4.79 Å². The van der Waals surface area contributed by atoms with Crippen LogP contribution >= 0.6 is 0 Å². The number of benzene rings is 1. The number of fused-ring (bicyclic) bond motifs is 3. The second-order valence-corrected chi connectivity index (χ2v) is 5.04. The van der Waals surface area contributed by atoms with Crippen molar-refractivity contribution in [2.75, 3.05) is 13.9 Å². The molecule has 0 spiro atoms. The molecule has 0 unspecified atom stereocenters. The van der Waals surface area contributed by atoms with Gasteiger partial charge in [-0.25, -0.2) is 0 Å². The Morgan fingerprint density at radius 2 is 2.16 bits per heavy atom. The SMILES string of the molecule is C=C1C[C@@H]2c3cc(OCOC)ccc3OC(=O)[C@@H]2C1. The highest BCUT2D eigenvalue weighted by Gasteiger charge is 2.42. The zero-order valence-electron chi connectivity index (χ0n) is 10.8. The van der Waals surface area contributed by atoms with E-state index in [1.807, 2.05) is 6.07 Å². The molecule has 4 heteroatoms. The predicted molar refractivity (Wildman–Crippen MR) is 69.2 cm³/mol. The second-order valence-electron chi connectivity index (χ2n) is 5.04. The molecule has 0 bridgehead atoms. The van der Waals surface area contributed by atoms with Crippen LogP contribution in [-0.4, -0.2) is 19.9 Å². The molecule has 4 nitrogen and oxygen atoms in total. The van der Waals surface area contributed by atoms with Crippen molar-refractivity contribution < 1.29 is 19.0 Å². The summed E-state index contributed by atoms with van der Waals surface area (Å²) in [6.07, 6.45) is 1.58. The van der Waals surface area contributed by atoms with Gasteiger partial charge in [0.05, 0.1) is 5.92 Å². The van der Waals surface area contributed by atoms with E-state index in [9.17, 15) is 4.79 Å². The van der Waals surface area contributed by atoms with Crippen LogP contribution in [0.15, 0.2) is 30.4 Å². The molecule has 1 heterocycles. The number of carbonyl (C=O) groups excluding carboxylic acids is 1. The maximum absolute atomic E-state index is 11.9. The second kappa shape index (κ2) is 4.70. The number of carbonyl (C=O) groups is 1. The van der Waals surface area contributed by atoms with Crippen molar-refractivity contribution in [1.29, 1.82) is 0 Å². The van der Waals surface area contributed by atoms with Crippen LogP contribution in [0.25, 0.3) is 0 Å². The highest BCUT2D eigenvalue weighted by molar-refractivity contribution is 5.80. The van der Waals surface area contributed by atoms with Crippen molar-refractivity contribution in [3.05, 3.63) is 35.9 Å². The van der Waals surface area contributed by atoms with Crippen molar-refractivity contribution in [2.24, 2.45) is 5.92 Å². The van der Waals surface area contributed by atoms with Gasteiger partial charge < -0.3 is 14.2 Å². The lowest BCUT2D eigenvalue weighted by Gasteiger charge is -2.26. The minimum atomic E-state index is -0.137. The molecule has 1 aromatic carbocycles. The van der Waals surface area contributed by atoms with Crippen molar-refractivity contribution in [3.63, 3.8) is 0 Å². The van der Waals surface area contributed by atoms with Crippen LogP contribution < -0.4 is 9.47 Å². The molecule has 2 atom stereocenters. The van der Waals surface area contributed by atoms with E-state index in [0.29, 0.717) is 5.75 Å². The molecule has 0 radical (unpaired) electrons. The normalized spacial score (nSPS) is 24.7. The van der Waals surface area contributed by atoms with Crippen LogP contribution in [0.2, 0.25) is 0 Å². The van der Waals surface area contributed by atoms with Gasteiger partial charge in [-0.15, -0.1) is 0 Å². The fourth-order valence-electron chi connectivity index (χ4n) is 2.87. The van der Waals surface area contributed by atoms with Gasteiger partial charge in [0.1, 0.15) is 11.5 Å². The third-order valence-electron chi connectivity index (χ3n) is 3.74. The van der Waals surface area contributed by atoms with Crippen LogP contribution in [0.3, 0.4) is 0 Å². The van der Waals surface area contributed by atoms with Gasteiger partial charge in [0.25, 0.3) is 0 Å². The summed E-state index contributed by atoms with van der Waals surface area (Å²) in [5.74, 6) is 1.33. The average molecular weight is 260 g/mol. The van der Waals surface area contributed by atoms with E-state index >= 15 is 0 Å². The number of esters is 1. The van der Waals surface area contributed by atoms with Crippen LogP contribution in [0, 0.1) is 5.92 Å². The summed E-state index contributed by atoms with van der Waals surface area (Å²) >= 11 is 0. The number of hydrogen-bond donors (Lipinski definition) is 0. The minimum Gasteiger partial charge on any atom is -0.468 e. The van der Waals surface area contributed by atoms with E-state index < -0.39 is 0 Å². The van der Waals surface area contributed by atoms with Gasteiger partial charge >= 0.3 is 5.97 Å². The average Bonchev–Trinajstić information content (AvgIpc) is 2.79. The highest BCUT2D eigenvalue weighted by atomic mass is 16.7. The van der Waals surface area contributed by atoms with Crippen LogP contribution in [0.5, 0.6) is 11.5 Å². The van der Waals surface area contributed by atoms with Gasteiger partial charge in [0.15, 0.2) is 6.79 Å². The molecular formula is C15H16O4. The molecular weight excluding hydrogens is 244 g/mol. The third kappa shape index (κ3) is 2.12. The Hall–Kier alpha value is -1.81. The van der Waals surface area contributed by atoms with E-state index in [0.717, 1.165) is 29.7 Å². The molecule has 2 aliphatic rings. The van der Waals surface area contributed by atoms with Crippen LogP contribution in [-0.2, 0) is 9.53 Å². The van der Waals surface area contributed by atoms with Crippen molar-refractivity contribution in [1.82, 2.24) is 0 Å². The molecule has 3 rings (SSSR count). The summed E-state index contributed by atoms with van der Waals surface area (Å²) in [5, 5.41) is 0. The quantitative estimate of drug-likeness (QED) is 0.363. The fourth-order valence-corrected chi connectivity index (χ4v) is 2.87. The number of ether oxygens (including phenoxy) is 3. The lowest BCUT2D eigenvalue weighted by molar-refractivity contribution is -0.140. The highest BCUT2D eigenvalue weighted by Crippen LogP contribution is 2.49. The van der Waals surface area contributed by atoms with Gasteiger partial charge in [0.2, 0.25) is 0 Å². The van der Waals surface area contributed by atoms with E-state index in [4.69, 9.17) is 14.2 Å². The first-order chi connectivity index (χ1) is 9.19. The van der Waals surface area contributed by atoms with Crippen molar-refractivity contribution in [3.8, 4) is 11.5 Å². The van der Waals surface area contributed by atoms with Crippen LogP contribution in [0.1, 0.15) is 24.3 Å². The first-order valence-electron chi connectivity index (χ1n) is 6.33. The van der Waals surface area contributed by atoms with Crippen molar-refractivity contribution >= 4 is 5.97 Å². The molecule has 1 aromatic rings. The molecule has 0 saturated heterocycles. The third-order valence-corrected chi connectivity index (χ3v) is 3.74.